The Hall–Kier alpha value is -2.67. The molecule has 2 aromatic rings. The van der Waals surface area contributed by atoms with E-state index in [1.54, 1.807) is 4.90 Å². The van der Waals surface area contributed by atoms with Crippen LogP contribution in [0.15, 0.2) is 40.9 Å². The zero-order valence-electron chi connectivity index (χ0n) is 16.6. The molecule has 0 spiro atoms. The first kappa shape index (κ1) is 21.0. The number of ether oxygens (including phenoxy) is 1. The molecule has 7 heteroatoms. The first-order chi connectivity index (χ1) is 13.7. The van der Waals surface area contributed by atoms with Crippen molar-refractivity contribution >= 4 is 45.1 Å². The number of nitrogens with one attached hydrogen (secondary N) is 1. The van der Waals surface area contributed by atoms with Gasteiger partial charge in [-0.15, -0.1) is 0 Å². The highest BCUT2D eigenvalue weighted by Crippen LogP contribution is 2.27. The highest BCUT2D eigenvalue weighted by atomic mass is 79.9. The molecule has 1 aliphatic heterocycles. The Kier molecular flexibility index (Phi) is 6.37. The number of benzene rings is 2. The highest BCUT2D eigenvalue weighted by molar-refractivity contribution is 9.10. The molecule has 0 radical (unpaired) electrons. The van der Waals surface area contributed by atoms with Gasteiger partial charge >= 0.3 is 5.97 Å². The number of aryl methyl sites for hydroxylation is 3. The van der Waals surface area contributed by atoms with Gasteiger partial charge in [-0.3, -0.25) is 14.4 Å². The smallest absolute Gasteiger partial charge is 0.311 e. The number of halogens is 1. The van der Waals surface area contributed by atoms with Crippen molar-refractivity contribution in [3.63, 3.8) is 0 Å². The lowest BCUT2D eigenvalue weighted by atomic mass is 10.1. The van der Waals surface area contributed by atoms with E-state index in [1.165, 1.54) is 0 Å². The number of anilines is 2. The van der Waals surface area contributed by atoms with Gasteiger partial charge in [-0.2, -0.15) is 0 Å². The summed E-state index contributed by atoms with van der Waals surface area (Å²) in [6, 6.07) is 11.3. The van der Waals surface area contributed by atoms with Crippen LogP contribution in [-0.2, 0) is 19.1 Å². The minimum absolute atomic E-state index is 0.0827. The molecular weight excluding hydrogens is 436 g/mol. The second kappa shape index (κ2) is 8.78. The summed E-state index contributed by atoms with van der Waals surface area (Å²) < 4.78 is 6.13. The van der Waals surface area contributed by atoms with Gasteiger partial charge in [0.05, 0.1) is 5.92 Å². The molecule has 1 saturated heterocycles. The number of nitrogens with zero attached hydrogens (tertiary/aromatic N) is 1. The summed E-state index contributed by atoms with van der Waals surface area (Å²) in [5.41, 5.74) is 4.37. The fourth-order valence-electron chi connectivity index (χ4n) is 3.27. The van der Waals surface area contributed by atoms with E-state index in [2.05, 4.69) is 21.2 Å². The van der Waals surface area contributed by atoms with Gasteiger partial charge in [-0.1, -0.05) is 28.1 Å². The van der Waals surface area contributed by atoms with E-state index in [1.807, 2.05) is 57.2 Å². The van der Waals surface area contributed by atoms with Crippen LogP contribution in [0.1, 0.15) is 23.1 Å². The Labute approximate surface area is 178 Å². The molecule has 0 aromatic heterocycles. The van der Waals surface area contributed by atoms with E-state index in [0.29, 0.717) is 5.69 Å². The number of hydrogen-bond donors (Lipinski definition) is 1. The highest BCUT2D eigenvalue weighted by Gasteiger charge is 2.36. The zero-order valence-corrected chi connectivity index (χ0v) is 18.2. The molecule has 0 unspecified atom stereocenters. The largest absolute Gasteiger partial charge is 0.455 e. The van der Waals surface area contributed by atoms with Crippen LogP contribution in [0.3, 0.4) is 0 Å². The van der Waals surface area contributed by atoms with Crippen molar-refractivity contribution < 1.29 is 19.1 Å². The zero-order chi connectivity index (χ0) is 21.1. The van der Waals surface area contributed by atoms with Crippen LogP contribution in [0.2, 0.25) is 0 Å². The average Bonchev–Trinajstić information content (AvgIpc) is 3.06. The molecule has 152 valence electrons. The van der Waals surface area contributed by atoms with Gasteiger partial charge in [0.2, 0.25) is 5.91 Å². The van der Waals surface area contributed by atoms with Crippen LogP contribution in [0.4, 0.5) is 11.4 Å². The van der Waals surface area contributed by atoms with Gasteiger partial charge in [0.25, 0.3) is 5.91 Å². The van der Waals surface area contributed by atoms with Crippen molar-refractivity contribution in [2.75, 3.05) is 23.4 Å². The Morgan fingerprint density at radius 2 is 1.93 bits per heavy atom. The number of hydrogen-bond acceptors (Lipinski definition) is 4. The van der Waals surface area contributed by atoms with Crippen LogP contribution < -0.4 is 10.2 Å². The molecule has 1 fully saturated rings. The molecule has 1 heterocycles. The van der Waals surface area contributed by atoms with Crippen molar-refractivity contribution in [1.29, 1.82) is 0 Å². The molecule has 0 saturated carbocycles. The Morgan fingerprint density at radius 1 is 1.17 bits per heavy atom. The van der Waals surface area contributed by atoms with Crippen molar-refractivity contribution in [2.45, 2.75) is 27.2 Å². The van der Waals surface area contributed by atoms with E-state index < -0.39 is 17.8 Å². The van der Waals surface area contributed by atoms with Crippen LogP contribution in [0.25, 0.3) is 0 Å². The number of esters is 1. The van der Waals surface area contributed by atoms with Crippen LogP contribution in [0.5, 0.6) is 0 Å². The van der Waals surface area contributed by atoms with Gasteiger partial charge in [0, 0.05) is 28.8 Å². The fourth-order valence-corrected chi connectivity index (χ4v) is 3.73. The van der Waals surface area contributed by atoms with Crippen molar-refractivity contribution in [3.8, 4) is 0 Å². The van der Waals surface area contributed by atoms with E-state index in [9.17, 15) is 14.4 Å². The third-order valence-corrected chi connectivity index (χ3v) is 5.75. The van der Waals surface area contributed by atoms with Gasteiger partial charge in [-0.05, 0) is 61.7 Å². The third kappa shape index (κ3) is 5.03. The molecule has 3 rings (SSSR count). The topological polar surface area (TPSA) is 75.7 Å². The van der Waals surface area contributed by atoms with E-state index in [0.717, 1.165) is 26.9 Å². The van der Waals surface area contributed by atoms with Gasteiger partial charge in [-0.25, -0.2) is 0 Å². The lowest BCUT2D eigenvalue weighted by molar-refractivity contribution is -0.151. The summed E-state index contributed by atoms with van der Waals surface area (Å²) in [6.07, 6.45) is 0.0827. The van der Waals surface area contributed by atoms with Gasteiger partial charge in [0.15, 0.2) is 6.61 Å². The summed E-state index contributed by atoms with van der Waals surface area (Å²) in [7, 11) is 0. The molecule has 1 N–H and O–H groups in total. The van der Waals surface area contributed by atoms with Crippen LogP contribution in [0, 0.1) is 26.7 Å². The molecule has 1 aliphatic rings. The second-order valence-electron chi connectivity index (χ2n) is 7.32. The predicted molar refractivity (Wildman–Crippen MR) is 115 cm³/mol. The summed E-state index contributed by atoms with van der Waals surface area (Å²) >= 11 is 3.45. The molecule has 29 heavy (non-hydrogen) atoms. The Morgan fingerprint density at radius 3 is 2.66 bits per heavy atom. The van der Waals surface area contributed by atoms with Gasteiger partial charge < -0.3 is 15.0 Å². The van der Waals surface area contributed by atoms with Gasteiger partial charge in [0.1, 0.15) is 0 Å². The molecule has 2 amide bonds. The maximum atomic E-state index is 12.4. The predicted octanol–water partition coefficient (Wildman–Crippen LogP) is 3.91. The third-order valence-electron chi connectivity index (χ3n) is 4.90. The van der Waals surface area contributed by atoms with E-state index >= 15 is 0 Å². The Balaban J connectivity index is 1.55. The number of rotatable bonds is 5. The van der Waals surface area contributed by atoms with Crippen molar-refractivity contribution in [3.05, 3.63) is 57.6 Å². The fraction of sp³-hybridized carbons (Fsp3) is 0.318. The lowest BCUT2D eigenvalue weighted by Crippen LogP contribution is -2.28. The molecule has 0 aliphatic carbocycles. The Bertz CT molecular complexity index is 973. The molecule has 2 aromatic carbocycles. The number of carbonyl (C=O) groups is 3. The molecule has 0 bridgehead atoms. The molecule has 1 atom stereocenters. The monoisotopic (exact) mass is 458 g/mol. The lowest BCUT2D eigenvalue weighted by Gasteiger charge is -2.17. The number of carbonyl (C=O) groups excluding carboxylic acids is 3. The maximum Gasteiger partial charge on any atom is 0.311 e. The normalized spacial score (nSPS) is 16.1. The minimum Gasteiger partial charge on any atom is -0.455 e. The van der Waals surface area contributed by atoms with Crippen molar-refractivity contribution in [2.24, 2.45) is 5.92 Å². The molecule has 6 nitrogen and oxygen atoms in total. The summed E-state index contributed by atoms with van der Waals surface area (Å²) in [5.74, 6) is -1.65. The second-order valence-corrected chi connectivity index (χ2v) is 8.17. The molecular formula is C22H23BrN2O4. The van der Waals surface area contributed by atoms with Crippen LogP contribution in [-0.4, -0.2) is 30.9 Å². The minimum atomic E-state index is -0.576. The number of amides is 2. The summed E-state index contributed by atoms with van der Waals surface area (Å²) in [5, 5.41) is 2.76. The first-order valence-electron chi connectivity index (χ1n) is 9.35. The van der Waals surface area contributed by atoms with Crippen molar-refractivity contribution in [1.82, 2.24) is 0 Å². The SMILES string of the molecule is Cc1cccc(N2C[C@@H](C(=O)OCC(=O)Nc3cc(C)c(Br)cc3C)CC2=O)c1. The summed E-state index contributed by atoms with van der Waals surface area (Å²) in [6.45, 7) is 5.63. The quantitative estimate of drug-likeness (QED) is 0.689. The van der Waals surface area contributed by atoms with E-state index in [4.69, 9.17) is 4.74 Å². The maximum absolute atomic E-state index is 12.4. The average molecular weight is 459 g/mol. The van der Waals surface area contributed by atoms with Crippen LogP contribution >= 0.6 is 15.9 Å². The van der Waals surface area contributed by atoms with E-state index in [-0.39, 0.29) is 25.5 Å². The first-order valence-corrected chi connectivity index (χ1v) is 10.1. The summed E-state index contributed by atoms with van der Waals surface area (Å²) in [4.78, 5) is 38.5. The standard InChI is InChI=1S/C22H23BrN2O4/c1-13-5-4-6-17(7-13)25-11-16(10-21(25)27)22(28)29-12-20(26)24-19-9-14(2)18(23)8-15(19)3/h4-9,16H,10-12H2,1-3H3,(H,24,26)/t16-/m0/s1.